The molecule has 186 valence electrons. The molecule has 0 aromatic carbocycles. The molecule has 0 radical (unpaired) electrons. The van der Waals surface area contributed by atoms with Gasteiger partial charge in [-0.05, 0) is 78.3 Å². The molecule has 0 amide bonds. The van der Waals surface area contributed by atoms with Gasteiger partial charge in [-0.3, -0.25) is 9.78 Å². The Hall–Kier alpha value is -1.92. The number of nitrogens with zero attached hydrogens (tertiary/aromatic N) is 2. The van der Waals surface area contributed by atoms with Gasteiger partial charge in [-0.25, -0.2) is 0 Å². The highest BCUT2D eigenvalue weighted by atomic mass is 16.5. The number of hydrogen-bond acceptors (Lipinski definition) is 6. The monoisotopic (exact) mass is 459 g/mol. The van der Waals surface area contributed by atoms with E-state index in [0.717, 1.165) is 56.7 Å². The van der Waals surface area contributed by atoms with E-state index in [-0.39, 0.29) is 18.5 Å². The molecule has 1 aromatic heterocycles. The number of hydrogen-bond donors (Lipinski definition) is 2. The van der Waals surface area contributed by atoms with Crippen molar-refractivity contribution in [2.75, 3.05) is 31.1 Å². The summed E-state index contributed by atoms with van der Waals surface area (Å²) in [6, 6.07) is 0. The van der Waals surface area contributed by atoms with E-state index in [1.807, 2.05) is 27.0 Å². The number of carbonyl (C=O) groups excluding carboxylic acids is 1. The van der Waals surface area contributed by atoms with E-state index in [9.17, 15) is 4.79 Å². The Balaban J connectivity index is 0.000000696. The van der Waals surface area contributed by atoms with Crippen LogP contribution in [-0.4, -0.2) is 53.9 Å². The minimum absolute atomic E-state index is 0.102. The van der Waals surface area contributed by atoms with Crippen LogP contribution in [-0.2, 0) is 16.0 Å². The van der Waals surface area contributed by atoms with E-state index in [2.05, 4.69) is 35.1 Å². The molecule has 1 fully saturated rings. The molecular formula is C27H45N3O3. The van der Waals surface area contributed by atoms with Gasteiger partial charge < -0.3 is 20.1 Å². The van der Waals surface area contributed by atoms with Crippen molar-refractivity contribution in [3.05, 3.63) is 29.1 Å². The highest BCUT2D eigenvalue weighted by molar-refractivity contribution is 5.83. The third kappa shape index (κ3) is 9.09. The SMILES string of the molecule is CC(C)(C)O.Cc1ncc(C2=CCNCC2)c(N2CCC(C)(C)CC2)c1CC(=O)OC(C)C. The quantitative estimate of drug-likeness (QED) is 0.624. The number of aromatic nitrogens is 1. The maximum absolute atomic E-state index is 12.5. The molecule has 1 aromatic rings. The fraction of sp³-hybridized carbons (Fsp3) is 0.704. The third-order valence-electron chi connectivity index (χ3n) is 5.90. The topological polar surface area (TPSA) is 74.7 Å². The third-order valence-corrected chi connectivity index (χ3v) is 5.90. The van der Waals surface area contributed by atoms with E-state index in [1.54, 1.807) is 20.8 Å². The fourth-order valence-electron chi connectivity index (χ4n) is 4.09. The predicted octanol–water partition coefficient (Wildman–Crippen LogP) is 4.66. The maximum atomic E-state index is 12.5. The predicted molar refractivity (Wildman–Crippen MR) is 137 cm³/mol. The molecule has 0 bridgehead atoms. The summed E-state index contributed by atoms with van der Waals surface area (Å²) in [6.45, 7) is 19.6. The summed E-state index contributed by atoms with van der Waals surface area (Å²) in [4.78, 5) is 19.7. The van der Waals surface area contributed by atoms with E-state index in [4.69, 9.17) is 9.84 Å². The summed E-state index contributed by atoms with van der Waals surface area (Å²) >= 11 is 0. The Morgan fingerprint density at radius 3 is 2.39 bits per heavy atom. The maximum Gasteiger partial charge on any atom is 0.310 e. The van der Waals surface area contributed by atoms with Gasteiger partial charge in [-0.2, -0.15) is 0 Å². The van der Waals surface area contributed by atoms with E-state index < -0.39 is 5.60 Å². The second-order valence-corrected chi connectivity index (χ2v) is 11.3. The van der Waals surface area contributed by atoms with Crippen molar-refractivity contribution in [1.29, 1.82) is 0 Å². The molecular weight excluding hydrogens is 414 g/mol. The van der Waals surface area contributed by atoms with Crippen LogP contribution in [0.1, 0.15) is 84.5 Å². The average molecular weight is 460 g/mol. The first-order chi connectivity index (χ1) is 15.3. The first kappa shape index (κ1) is 27.3. The van der Waals surface area contributed by atoms with Crippen LogP contribution in [0.5, 0.6) is 0 Å². The molecule has 2 N–H and O–H groups in total. The number of rotatable bonds is 5. The van der Waals surface area contributed by atoms with Crippen LogP contribution in [0.4, 0.5) is 5.69 Å². The zero-order chi connectivity index (χ0) is 24.8. The van der Waals surface area contributed by atoms with Crippen LogP contribution in [0.2, 0.25) is 0 Å². The molecule has 0 atom stereocenters. The van der Waals surface area contributed by atoms with Gasteiger partial charge in [-0.1, -0.05) is 19.9 Å². The van der Waals surface area contributed by atoms with Crippen molar-refractivity contribution in [3.63, 3.8) is 0 Å². The van der Waals surface area contributed by atoms with E-state index >= 15 is 0 Å². The molecule has 0 saturated carbocycles. The molecule has 0 aliphatic carbocycles. The van der Waals surface area contributed by atoms with Crippen LogP contribution in [0, 0.1) is 12.3 Å². The first-order valence-electron chi connectivity index (χ1n) is 12.3. The number of aliphatic hydroxyl groups is 1. The summed E-state index contributed by atoms with van der Waals surface area (Å²) < 4.78 is 5.46. The van der Waals surface area contributed by atoms with Gasteiger partial charge >= 0.3 is 5.97 Å². The summed E-state index contributed by atoms with van der Waals surface area (Å²) in [5.74, 6) is -0.171. The zero-order valence-corrected chi connectivity index (χ0v) is 22.0. The highest BCUT2D eigenvalue weighted by Gasteiger charge is 2.30. The van der Waals surface area contributed by atoms with Crippen LogP contribution in [0.25, 0.3) is 5.57 Å². The lowest BCUT2D eigenvalue weighted by Gasteiger charge is -2.40. The Morgan fingerprint density at radius 1 is 1.27 bits per heavy atom. The van der Waals surface area contributed by atoms with Gasteiger partial charge in [0.05, 0.1) is 23.8 Å². The van der Waals surface area contributed by atoms with Gasteiger partial charge in [0, 0.05) is 42.7 Å². The van der Waals surface area contributed by atoms with Crippen LogP contribution in [0.3, 0.4) is 0 Å². The summed E-state index contributed by atoms with van der Waals surface area (Å²) in [7, 11) is 0. The van der Waals surface area contributed by atoms with Gasteiger partial charge in [-0.15, -0.1) is 0 Å². The Labute approximate surface area is 200 Å². The van der Waals surface area contributed by atoms with Crippen LogP contribution >= 0.6 is 0 Å². The molecule has 2 aliphatic heterocycles. The largest absolute Gasteiger partial charge is 0.463 e. The number of piperidine rings is 1. The molecule has 6 nitrogen and oxygen atoms in total. The summed E-state index contributed by atoms with van der Waals surface area (Å²) in [5, 5.41) is 11.9. The Bertz CT molecular complexity index is 822. The Kier molecular flexibility index (Phi) is 9.50. The number of anilines is 1. The van der Waals surface area contributed by atoms with Crippen molar-refractivity contribution >= 4 is 17.2 Å². The minimum atomic E-state index is -0.500. The van der Waals surface area contributed by atoms with Gasteiger partial charge in [0.25, 0.3) is 0 Å². The molecule has 3 heterocycles. The van der Waals surface area contributed by atoms with Crippen LogP contribution < -0.4 is 10.2 Å². The lowest BCUT2D eigenvalue weighted by atomic mass is 9.82. The zero-order valence-electron chi connectivity index (χ0n) is 22.0. The number of nitrogens with one attached hydrogen (secondary N) is 1. The van der Waals surface area contributed by atoms with E-state index in [0.29, 0.717) is 5.41 Å². The van der Waals surface area contributed by atoms with Crippen LogP contribution in [0.15, 0.2) is 12.3 Å². The standard InChI is InChI=1S/C23H35N3O2.C4H10O/c1-16(2)28-21(27)14-19-17(3)25-15-20(18-6-10-24-11-7-18)22(19)26-12-8-23(4,5)9-13-26;1-4(2,3)5/h6,15-16,24H,7-14H2,1-5H3;5H,1-3H3. The molecule has 2 aliphatic rings. The smallest absolute Gasteiger partial charge is 0.310 e. The van der Waals surface area contributed by atoms with Crippen molar-refractivity contribution in [2.45, 2.75) is 92.8 Å². The average Bonchev–Trinajstić information content (AvgIpc) is 2.68. The van der Waals surface area contributed by atoms with E-state index in [1.165, 1.54) is 16.8 Å². The van der Waals surface area contributed by atoms with Crippen molar-refractivity contribution in [1.82, 2.24) is 10.3 Å². The number of pyridine rings is 1. The highest BCUT2D eigenvalue weighted by Crippen LogP contribution is 2.39. The van der Waals surface area contributed by atoms with Crippen molar-refractivity contribution < 1.29 is 14.6 Å². The molecule has 0 spiro atoms. The number of carbonyl (C=O) groups is 1. The molecule has 1 saturated heterocycles. The van der Waals surface area contributed by atoms with Crippen molar-refractivity contribution in [2.24, 2.45) is 5.41 Å². The lowest BCUT2D eigenvalue weighted by Crippen LogP contribution is -2.38. The second-order valence-electron chi connectivity index (χ2n) is 11.3. The van der Waals surface area contributed by atoms with Crippen molar-refractivity contribution in [3.8, 4) is 0 Å². The summed E-state index contributed by atoms with van der Waals surface area (Å²) in [5.41, 5.74) is 5.57. The number of ether oxygens (including phenoxy) is 1. The number of esters is 1. The molecule has 0 unspecified atom stereocenters. The molecule has 6 heteroatoms. The number of aryl methyl sites for hydroxylation is 1. The Morgan fingerprint density at radius 2 is 1.88 bits per heavy atom. The molecule has 3 rings (SSSR count). The normalized spacial score (nSPS) is 18.4. The lowest BCUT2D eigenvalue weighted by molar-refractivity contribution is -0.146. The van der Waals surface area contributed by atoms with Gasteiger partial charge in [0.1, 0.15) is 0 Å². The van der Waals surface area contributed by atoms with Gasteiger partial charge in [0.2, 0.25) is 0 Å². The molecule has 33 heavy (non-hydrogen) atoms. The minimum Gasteiger partial charge on any atom is -0.463 e. The fourth-order valence-corrected chi connectivity index (χ4v) is 4.09. The second kappa shape index (κ2) is 11.5. The summed E-state index contributed by atoms with van der Waals surface area (Å²) in [6.07, 6.45) is 7.77. The van der Waals surface area contributed by atoms with Gasteiger partial charge in [0.15, 0.2) is 0 Å². The first-order valence-corrected chi connectivity index (χ1v) is 12.3.